The summed E-state index contributed by atoms with van der Waals surface area (Å²) in [4.78, 5) is 33.5. The van der Waals surface area contributed by atoms with Crippen molar-refractivity contribution in [3.63, 3.8) is 0 Å². The van der Waals surface area contributed by atoms with E-state index in [9.17, 15) is 19.7 Å². The molecule has 128 valence electrons. The molecule has 0 unspecified atom stereocenters. The van der Waals surface area contributed by atoms with Crippen LogP contribution in [0, 0.1) is 10.1 Å². The molecule has 0 radical (unpaired) electrons. The molecule has 1 aliphatic carbocycles. The lowest BCUT2D eigenvalue weighted by atomic mass is 9.95. The standard InChI is InChI=1S/C16H20N4O4/c21-15(18-13-4-2-1-3-5-13)10-16(22)19-17-11-12-6-8-14(9-7-12)20(23)24/h6-9,11,13H,1-5,10H2,(H,18,21)(H,19,22)/b17-11+. The molecule has 2 amide bonds. The third kappa shape index (κ3) is 5.79. The molecule has 0 spiro atoms. The fourth-order valence-corrected chi connectivity index (χ4v) is 2.57. The van der Waals surface area contributed by atoms with E-state index in [0.29, 0.717) is 5.56 Å². The molecule has 0 heterocycles. The van der Waals surface area contributed by atoms with E-state index in [1.54, 1.807) is 0 Å². The second-order valence-electron chi connectivity index (χ2n) is 5.72. The van der Waals surface area contributed by atoms with Gasteiger partial charge in [0.05, 0.1) is 11.1 Å². The number of carbonyl (C=O) groups is 2. The number of nitro groups is 1. The number of nitrogens with one attached hydrogen (secondary N) is 2. The molecule has 8 heteroatoms. The highest BCUT2D eigenvalue weighted by Gasteiger charge is 2.17. The van der Waals surface area contributed by atoms with E-state index in [-0.39, 0.29) is 24.1 Å². The number of non-ortho nitro benzene ring substituents is 1. The van der Waals surface area contributed by atoms with E-state index < -0.39 is 10.8 Å². The second kappa shape index (κ2) is 8.76. The molecule has 0 bridgehead atoms. The van der Waals surface area contributed by atoms with Gasteiger partial charge in [0.1, 0.15) is 6.42 Å². The number of nitrogens with zero attached hydrogens (tertiary/aromatic N) is 2. The summed E-state index contributed by atoms with van der Waals surface area (Å²) in [7, 11) is 0. The van der Waals surface area contributed by atoms with Crippen LogP contribution >= 0.6 is 0 Å². The fourth-order valence-electron chi connectivity index (χ4n) is 2.57. The molecule has 0 aliphatic heterocycles. The zero-order valence-corrected chi connectivity index (χ0v) is 13.2. The predicted molar refractivity (Wildman–Crippen MR) is 88.5 cm³/mol. The van der Waals surface area contributed by atoms with Crippen LogP contribution in [0.2, 0.25) is 0 Å². The minimum Gasteiger partial charge on any atom is -0.353 e. The van der Waals surface area contributed by atoms with Gasteiger partial charge in [0.2, 0.25) is 11.8 Å². The summed E-state index contributed by atoms with van der Waals surface area (Å²) in [5, 5.41) is 17.1. The Morgan fingerprint density at radius 2 is 1.83 bits per heavy atom. The van der Waals surface area contributed by atoms with Crippen molar-refractivity contribution in [3.8, 4) is 0 Å². The quantitative estimate of drug-likeness (QED) is 0.358. The van der Waals surface area contributed by atoms with E-state index in [2.05, 4.69) is 15.8 Å². The van der Waals surface area contributed by atoms with Gasteiger partial charge in [-0.05, 0) is 30.5 Å². The van der Waals surface area contributed by atoms with Crippen molar-refractivity contribution in [2.75, 3.05) is 0 Å². The number of benzene rings is 1. The van der Waals surface area contributed by atoms with Gasteiger partial charge >= 0.3 is 0 Å². The Morgan fingerprint density at radius 3 is 2.46 bits per heavy atom. The third-order valence-corrected chi connectivity index (χ3v) is 3.80. The Kier molecular flexibility index (Phi) is 6.41. The van der Waals surface area contributed by atoms with Crippen molar-refractivity contribution in [1.29, 1.82) is 0 Å². The van der Waals surface area contributed by atoms with Gasteiger partial charge in [0, 0.05) is 18.2 Å². The lowest BCUT2D eigenvalue weighted by Gasteiger charge is -2.22. The van der Waals surface area contributed by atoms with Crippen LogP contribution < -0.4 is 10.7 Å². The van der Waals surface area contributed by atoms with Crippen molar-refractivity contribution < 1.29 is 14.5 Å². The fraction of sp³-hybridized carbons (Fsp3) is 0.438. The number of rotatable bonds is 6. The van der Waals surface area contributed by atoms with Crippen LogP contribution in [0.15, 0.2) is 29.4 Å². The molecule has 0 atom stereocenters. The zero-order chi connectivity index (χ0) is 17.4. The molecule has 1 saturated carbocycles. The number of nitro benzene ring substituents is 1. The highest BCUT2D eigenvalue weighted by molar-refractivity contribution is 5.97. The molecule has 1 aromatic carbocycles. The first-order chi connectivity index (χ1) is 11.5. The van der Waals surface area contributed by atoms with Crippen LogP contribution in [-0.4, -0.2) is 29.0 Å². The Morgan fingerprint density at radius 1 is 1.17 bits per heavy atom. The normalized spacial score (nSPS) is 15.2. The number of amides is 2. The highest BCUT2D eigenvalue weighted by atomic mass is 16.6. The van der Waals surface area contributed by atoms with Crippen LogP contribution in [0.1, 0.15) is 44.1 Å². The summed E-state index contributed by atoms with van der Waals surface area (Å²) in [6, 6.07) is 5.90. The summed E-state index contributed by atoms with van der Waals surface area (Å²) >= 11 is 0. The molecule has 1 aliphatic rings. The maximum atomic E-state index is 11.8. The van der Waals surface area contributed by atoms with Gasteiger partial charge in [-0.15, -0.1) is 0 Å². The first kappa shape index (κ1) is 17.6. The average molecular weight is 332 g/mol. The third-order valence-electron chi connectivity index (χ3n) is 3.80. The predicted octanol–water partition coefficient (Wildman–Crippen LogP) is 1.88. The van der Waals surface area contributed by atoms with Gasteiger partial charge in [0.25, 0.3) is 5.69 Å². The maximum absolute atomic E-state index is 11.8. The molecule has 0 saturated heterocycles. The molecule has 24 heavy (non-hydrogen) atoms. The zero-order valence-electron chi connectivity index (χ0n) is 13.2. The Balaban J connectivity index is 1.73. The molecule has 2 N–H and O–H groups in total. The van der Waals surface area contributed by atoms with Crippen molar-refractivity contribution in [2.24, 2.45) is 5.10 Å². The number of hydrogen-bond acceptors (Lipinski definition) is 5. The summed E-state index contributed by atoms with van der Waals surface area (Å²) < 4.78 is 0. The van der Waals surface area contributed by atoms with Crippen molar-refractivity contribution in [2.45, 2.75) is 44.6 Å². The Hall–Kier alpha value is -2.77. The second-order valence-corrected chi connectivity index (χ2v) is 5.72. The first-order valence-corrected chi connectivity index (χ1v) is 7.90. The van der Waals surface area contributed by atoms with Crippen LogP contribution in [0.5, 0.6) is 0 Å². The topological polar surface area (TPSA) is 114 Å². The summed E-state index contributed by atoms with van der Waals surface area (Å²) in [5.41, 5.74) is 2.86. The van der Waals surface area contributed by atoms with Crippen molar-refractivity contribution in [1.82, 2.24) is 10.7 Å². The van der Waals surface area contributed by atoms with Crippen LogP contribution in [0.25, 0.3) is 0 Å². The number of hydrogen-bond donors (Lipinski definition) is 2. The van der Waals surface area contributed by atoms with Crippen LogP contribution in [0.4, 0.5) is 5.69 Å². The van der Waals surface area contributed by atoms with Gasteiger partial charge in [-0.2, -0.15) is 5.10 Å². The van der Waals surface area contributed by atoms with Crippen molar-refractivity contribution in [3.05, 3.63) is 39.9 Å². The molecule has 8 nitrogen and oxygen atoms in total. The van der Waals surface area contributed by atoms with Gasteiger partial charge in [0.15, 0.2) is 0 Å². The Bertz CT molecular complexity index is 621. The SMILES string of the molecule is O=C(CC(=O)NC1CCCCC1)N/N=C/c1ccc([N+](=O)[O-])cc1. The van der Waals surface area contributed by atoms with Gasteiger partial charge in [-0.3, -0.25) is 19.7 Å². The minimum absolute atomic E-state index is 0.0180. The molecular weight excluding hydrogens is 312 g/mol. The smallest absolute Gasteiger partial charge is 0.269 e. The van der Waals surface area contributed by atoms with Crippen molar-refractivity contribution >= 4 is 23.7 Å². The van der Waals surface area contributed by atoms with E-state index in [1.807, 2.05) is 0 Å². The van der Waals surface area contributed by atoms with E-state index >= 15 is 0 Å². The molecular formula is C16H20N4O4. The minimum atomic E-state index is -0.499. The monoisotopic (exact) mass is 332 g/mol. The van der Waals surface area contributed by atoms with Gasteiger partial charge in [-0.1, -0.05) is 19.3 Å². The highest BCUT2D eigenvalue weighted by Crippen LogP contribution is 2.17. The lowest BCUT2D eigenvalue weighted by molar-refractivity contribution is -0.384. The van der Waals surface area contributed by atoms with Crippen LogP contribution in [-0.2, 0) is 9.59 Å². The first-order valence-electron chi connectivity index (χ1n) is 7.90. The largest absolute Gasteiger partial charge is 0.353 e. The molecule has 0 aromatic heterocycles. The van der Waals surface area contributed by atoms with Gasteiger partial charge in [-0.25, -0.2) is 5.43 Å². The molecule has 2 rings (SSSR count). The lowest BCUT2D eigenvalue weighted by Crippen LogP contribution is -2.38. The molecule has 1 aromatic rings. The summed E-state index contributed by atoms with van der Waals surface area (Å²) in [6.07, 6.45) is 6.43. The Labute approximate surface area is 139 Å². The molecule has 1 fully saturated rings. The average Bonchev–Trinajstić information content (AvgIpc) is 2.56. The summed E-state index contributed by atoms with van der Waals surface area (Å²) in [6.45, 7) is 0. The summed E-state index contributed by atoms with van der Waals surface area (Å²) in [5.74, 6) is -0.800. The number of hydrazone groups is 1. The van der Waals surface area contributed by atoms with Crippen LogP contribution in [0.3, 0.4) is 0 Å². The number of carbonyl (C=O) groups excluding carboxylic acids is 2. The van der Waals surface area contributed by atoms with E-state index in [1.165, 1.54) is 36.9 Å². The van der Waals surface area contributed by atoms with Gasteiger partial charge < -0.3 is 5.32 Å². The maximum Gasteiger partial charge on any atom is 0.269 e. The van der Waals surface area contributed by atoms with E-state index in [0.717, 1.165) is 25.7 Å². The van der Waals surface area contributed by atoms with E-state index in [4.69, 9.17) is 0 Å².